The van der Waals surface area contributed by atoms with Crippen LogP contribution in [0.1, 0.15) is 26.3 Å². The average Bonchev–Trinajstić information content (AvgIpc) is 2.88. The van der Waals surface area contributed by atoms with Gasteiger partial charge in [-0.25, -0.2) is 10.2 Å². The molecule has 174 valence electrons. The Balaban J connectivity index is 1.58. The van der Waals surface area contributed by atoms with E-state index in [1.165, 1.54) is 43.7 Å². The van der Waals surface area contributed by atoms with Gasteiger partial charge in [0.05, 0.1) is 23.8 Å². The third-order valence-corrected chi connectivity index (χ3v) is 5.15. The number of rotatable bonds is 7. The fraction of sp³-hybridized carbons (Fsp3) is 0.0385. The van der Waals surface area contributed by atoms with Crippen molar-refractivity contribution in [1.82, 2.24) is 5.43 Å². The second-order valence-electron chi connectivity index (χ2n) is 7.30. The summed E-state index contributed by atoms with van der Waals surface area (Å²) in [4.78, 5) is 36.2. The van der Waals surface area contributed by atoms with Crippen LogP contribution in [0.3, 0.4) is 0 Å². The van der Waals surface area contributed by atoms with Gasteiger partial charge < -0.3 is 9.47 Å². The molecule has 0 unspecified atom stereocenters. The van der Waals surface area contributed by atoms with Crippen LogP contribution in [0.5, 0.6) is 11.5 Å². The van der Waals surface area contributed by atoms with Crippen molar-refractivity contribution < 1.29 is 24.0 Å². The van der Waals surface area contributed by atoms with Crippen LogP contribution in [-0.2, 0) is 0 Å². The first-order valence-corrected chi connectivity index (χ1v) is 10.4. The number of esters is 1. The van der Waals surface area contributed by atoms with Gasteiger partial charge in [-0.3, -0.25) is 14.9 Å². The molecule has 9 nitrogen and oxygen atoms in total. The Morgan fingerprint density at radius 1 is 0.943 bits per heavy atom. The van der Waals surface area contributed by atoms with Crippen LogP contribution in [-0.4, -0.2) is 30.1 Å². The zero-order valence-corrected chi connectivity index (χ0v) is 18.5. The Labute approximate surface area is 199 Å². The Morgan fingerprint density at radius 3 is 2.40 bits per heavy atom. The number of para-hydroxylation sites is 1. The van der Waals surface area contributed by atoms with Gasteiger partial charge in [-0.2, -0.15) is 5.10 Å². The predicted molar refractivity (Wildman–Crippen MR) is 130 cm³/mol. The molecule has 0 aliphatic heterocycles. The summed E-state index contributed by atoms with van der Waals surface area (Å²) in [6, 6.07) is 23.0. The van der Waals surface area contributed by atoms with Gasteiger partial charge in [0, 0.05) is 17.2 Å². The second-order valence-corrected chi connectivity index (χ2v) is 7.30. The van der Waals surface area contributed by atoms with E-state index in [1.54, 1.807) is 24.3 Å². The largest absolute Gasteiger partial charge is 0.497 e. The highest BCUT2D eigenvalue weighted by molar-refractivity contribution is 6.07. The molecular weight excluding hydrogens is 450 g/mol. The molecule has 4 rings (SSSR count). The van der Waals surface area contributed by atoms with E-state index in [0.717, 1.165) is 10.8 Å². The lowest BCUT2D eigenvalue weighted by atomic mass is 10.0. The number of hydrogen-bond donors (Lipinski definition) is 1. The molecule has 4 aromatic carbocycles. The van der Waals surface area contributed by atoms with Crippen molar-refractivity contribution in [2.75, 3.05) is 7.11 Å². The molecule has 1 N–H and O–H groups in total. The summed E-state index contributed by atoms with van der Waals surface area (Å²) in [5.74, 6) is -1.000. The average molecular weight is 469 g/mol. The standard InChI is InChI=1S/C26H19N3O6/c1-34-20-14-12-18(13-15-20)26(31)35-24-19(8-5-11-23(24)29(32)33)16-27-28-25(30)22-10-4-7-17-6-2-3-9-21(17)22/h2-16H,1H3,(H,28,30)/b27-16+. The van der Waals surface area contributed by atoms with E-state index >= 15 is 0 Å². The molecule has 0 spiro atoms. The molecule has 0 atom stereocenters. The van der Waals surface area contributed by atoms with Crippen molar-refractivity contribution in [3.8, 4) is 11.5 Å². The molecule has 0 heterocycles. The van der Waals surface area contributed by atoms with E-state index in [1.807, 2.05) is 30.3 Å². The van der Waals surface area contributed by atoms with Gasteiger partial charge in [-0.15, -0.1) is 0 Å². The van der Waals surface area contributed by atoms with Crippen molar-refractivity contribution in [1.29, 1.82) is 0 Å². The summed E-state index contributed by atoms with van der Waals surface area (Å²) >= 11 is 0. The molecular formula is C26H19N3O6. The summed E-state index contributed by atoms with van der Waals surface area (Å²) in [6.07, 6.45) is 1.19. The zero-order valence-electron chi connectivity index (χ0n) is 18.5. The van der Waals surface area contributed by atoms with E-state index in [-0.39, 0.29) is 16.9 Å². The van der Waals surface area contributed by atoms with Crippen molar-refractivity contribution >= 4 is 34.6 Å². The predicted octanol–water partition coefficient (Wildman–Crippen LogP) is 4.74. The Kier molecular flexibility index (Phi) is 6.78. The number of nitrogens with zero attached hydrogens (tertiary/aromatic N) is 2. The van der Waals surface area contributed by atoms with E-state index < -0.39 is 22.5 Å². The SMILES string of the molecule is COc1ccc(C(=O)Oc2c(/C=N/NC(=O)c3cccc4ccccc34)cccc2[N+](=O)[O-])cc1. The maximum atomic E-state index is 12.7. The summed E-state index contributed by atoms with van der Waals surface area (Å²) in [5, 5.41) is 17.1. The minimum absolute atomic E-state index is 0.138. The van der Waals surface area contributed by atoms with Crippen LogP contribution in [0, 0.1) is 10.1 Å². The smallest absolute Gasteiger partial charge is 0.343 e. The molecule has 9 heteroatoms. The van der Waals surface area contributed by atoms with Crippen LogP contribution in [0.2, 0.25) is 0 Å². The number of carbonyl (C=O) groups excluding carboxylic acids is 2. The lowest BCUT2D eigenvalue weighted by Crippen LogP contribution is -2.18. The molecule has 0 aliphatic carbocycles. The number of hydrogen-bond acceptors (Lipinski definition) is 7. The summed E-state index contributed by atoms with van der Waals surface area (Å²) in [5.41, 5.74) is 2.74. The molecule has 0 bridgehead atoms. The zero-order chi connectivity index (χ0) is 24.8. The van der Waals surface area contributed by atoms with E-state index in [0.29, 0.717) is 11.3 Å². The highest BCUT2D eigenvalue weighted by Crippen LogP contribution is 2.31. The van der Waals surface area contributed by atoms with Crippen LogP contribution in [0.4, 0.5) is 5.69 Å². The maximum absolute atomic E-state index is 12.7. The number of carbonyl (C=O) groups is 2. The molecule has 0 saturated heterocycles. The van der Waals surface area contributed by atoms with Gasteiger partial charge in [0.2, 0.25) is 5.75 Å². The second kappa shape index (κ2) is 10.3. The fourth-order valence-corrected chi connectivity index (χ4v) is 3.42. The first kappa shape index (κ1) is 23.1. The summed E-state index contributed by atoms with van der Waals surface area (Å²) in [6.45, 7) is 0. The number of nitro groups is 1. The van der Waals surface area contributed by atoms with Gasteiger partial charge in [0.25, 0.3) is 5.91 Å². The maximum Gasteiger partial charge on any atom is 0.343 e. The van der Waals surface area contributed by atoms with Gasteiger partial charge in [-0.05, 0) is 47.2 Å². The van der Waals surface area contributed by atoms with Gasteiger partial charge in [0.1, 0.15) is 5.75 Å². The number of fused-ring (bicyclic) bond motifs is 1. The number of nitro benzene ring substituents is 1. The van der Waals surface area contributed by atoms with Crippen LogP contribution in [0.25, 0.3) is 10.8 Å². The van der Waals surface area contributed by atoms with Crippen molar-refractivity contribution in [3.63, 3.8) is 0 Å². The van der Waals surface area contributed by atoms with E-state index in [2.05, 4.69) is 10.5 Å². The Morgan fingerprint density at radius 2 is 1.66 bits per heavy atom. The van der Waals surface area contributed by atoms with Gasteiger partial charge >= 0.3 is 11.7 Å². The van der Waals surface area contributed by atoms with Crippen molar-refractivity contribution in [2.45, 2.75) is 0 Å². The first-order chi connectivity index (χ1) is 17.0. The molecule has 4 aromatic rings. The Bertz CT molecular complexity index is 1440. The van der Waals surface area contributed by atoms with E-state index in [9.17, 15) is 19.7 Å². The summed E-state index contributed by atoms with van der Waals surface area (Å²) < 4.78 is 10.4. The minimum atomic E-state index is -0.795. The van der Waals surface area contributed by atoms with Gasteiger partial charge in [-0.1, -0.05) is 42.5 Å². The summed E-state index contributed by atoms with van der Waals surface area (Å²) in [7, 11) is 1.49. The lowest BCUT2D eigenvalue weighted by molar-refractivity contribution is -0.385. The monoisotopic (exact) mass is 469 g/mol. The highest BCUT2D eigenvalue weighted by atomic mass is 16.6. The number of benzene rings is 4. The number of ether oxygens (including phenoxy) is 2. The van der Waals surface area contributed by atoms with Gasteiger partial charge in [0.15, 0.2) is 0 Å². The van der Waals surface area contributed by atoms with Crippen molar-refractivity contribution in [2.24, 2.45) is 5.10 Å². The normalized spacial score (nSPS) is 10.8. The molecule has 1 amide bonds. The quantitative estimate of drug-likeness (QED) is 0.137. The van der Waals surface area contributed by atoms with Crippen LogP contribution >= 0.6 is 0 Å². The first-order valence-electron chi connectivity index (χ1n) is 10.4. The molecule has 0 fully saturated rings. The molecule has 0 aromatic heterocycles. The molecule has 0 saturated carbocycles. The van der Waals surface area contributed by atoms with Crippen LogP contribution < -0.4 is 14.9 Å². The number of nitrogens with one attached hydrogen (secondary N) is 1. The van der Waals surface area contributed by atoms with Crippen LogP contribution in [0.15, 0.2) is 90.0 Å². The topological polar surface area (TPSA) is 120 Å². The Hall–Kier alpha value is -5.05. The third-order valence-electron chi connectivity index (χ3n) is 5.15. The number of hydrazone groups is 1. The molecule has 0 aliphatic rings. The third kappa shape index (κ3) is 5.14. The minimum Gasteiger partial charge on any atom is -0.497 e. The highest BCUT2D eigenvalue weighted by Gasteiger charge is 2.22. The lowest BCUT2D eigenvalue weighted by Gasteiger charge is -2.09. The van der Waals surface area contributed by atoms with E-state index in [4.69, 9.17) is 9.47 Å². The molecule has 35 heavy (non-hydrogen) atoms. The number of amides is 1. The fourth-order valence-electron chi connectivity index (χ4n) is 3.42. The van der Waals surface area contributed by atoms with Crippen molar-refractivity contribution in [3.05, 3.63) is 112 Å². The number of methoxy groups -OCH3 is 1. The molecule has 0 radical (unpaired) electrons.